The van der Waals surface area contributed by atoms with E-state index in [9.17, 15) is 4.79 Å². The fourth-order valence-corrected chi connectivity index (χ4v) is 3.83. The van der Waals surface area contributed by atoms with Gasteiger partial charge in [-0.25, -0.2) is 0 Å². The summed E-state index contributed by atoms with van der Waals surface area (Å²) in [5, 5.41) is 3.35. The molecule has 3 unspecified atom stereocenters. The molecule has 0 spiro atoms. The van der Waals surface area contributed by atoms with Crippen molar-refractivity contribution in [1.82, 2.24) is 10.2 Å². The molecule has 1 aliphatic carbocycles. The van der Waals surface area contributed by atoms with Crippen molar-refractivity contribution < 1.29 is 4.79 Å². The van der Waals surface area contributed by atoms with Gasteiger partial charge in [0.2, 0.25) is 5.91 Å². The molecule has 3 heteroatoms. The molecule has 1 saturated carbocycles. The van der Waals surface area contributed by atoms with E-state index in [4.69, 9.17) is 0 Å². The van der Waals surface area contributed by atoms with Gasteiger partial charge in [-0.15, -0.1) is 0 Å². The highest BCUT2D eigenvalue weighted by atomic mass is 16.2. The van der Waals surface area contributed by atoms with Crippen LogP contribution in [0.2, 0.25) is 0 Å². The van der Waals surface area contributed by atoms with Crippen LogP contribution in [0.25, 0.3) is 0 Å². The third kappa shape index (κ3) is 3.71. The first-order valence-corrected chi connectivity index (χ1v) is 8.12. The van der Waals surface area contributed by atoms with Gasteiger partial charge in [-0.3, -0.25) is 4.79 Å². The topological polar surface area (TPSA) is 32.3 Å². The molecule has 1 saturated heterocycles. The van der Waals surface area contributed by atoms with Gasteiger partial charge in [-0.05, 0) is 31.1 Å². The fourth-order valence-electron chi connectivity index (χ4n) is 3.83. The van der Waals surface area contributed by atoms with Crippen molar-refractivity contribution in [3.05, 3.63) is 0 Å². The number of rotatable bonds is 4. The van der Waals surface area contributed by atoms with Crippen LogP contribution in [-0.2, 0) is 4.79 Å². The van der Waals surface area contributed by atoms with Crippen LogP contribution in [0.5, 0.6) is 0 Å². The Bertz CT molecular complexity index is 303. The van der Waals surface area contributed by atoms with Gasteiger partial charge < -0.3 is 10.2 Å². The van der Waals surface area contributed by atoms with Gasteiger partial charge >= 0.3 is 0 Å². The Balaban J connectivity index is 1.89. The number of likely N-dealkylation sites (tertiary alicyclic amines) is 1. The first kappa shape index (κ1) is 14.8. The zero-order valence-corrected chi connectivity index (χ0v) is 12.8. The summed E-state index contributed by atoms with van der Waals surface area (Å²) in [7, 11) is 0. The predicted molar refractivity (Wildman–Crippen MR) is 79.0 cm³/mol. The Kier molecular flexibility index (Phi) is 5.26. The van der Waals surface area contributed by atoms with Gasteiger partial charge in [0.1, 0.15) is 0 Å². The molecule has 3 atom stereocenters. The first-order chi connectivity index (χ1) is 9.09. The number of amides is 1. The molecule has 1 aliphatic heterocycles. The minimum absolute atomic E-state index is 0.372. The fraction of sp³-hybridized carbons (Fsp3) is 0.938. The van der Waals surface area contributed by atoms with Gasteiger partial charge in [0.05, 0.1) is 0 Å². The lowest BCUT2D eigenvalue weighted by Gasteiger charge is -2.47. The summed E-state index contributed by atoms with van der Waals surface area (Å²) >= 11 is 0. The van der Waals surface area contributed by atoms with E-state index in [1.54, 1.807) is 0 Å². The van der Waals surface area contributed by atoms with Gasteiger partial charge in [-0.2, -0.15) is 0 Å². The number of fused-ring (bicyclic) bond motifs is 1. The van der Waals surface area contributed by atoms with Gasteiger partial charge in [0.15, 0.2) is 0 Å². The summed E-state index contributed by atoms with van der Waals surface area (Å²) in [6.45, 7) is 8.45. The van der Waals surface area contributed by atoms with Gasteiger partial charge in [0.25, 0.3) is 0 Å². The molecule has 0 bridgehead atoms. The first-order valence-electron chi connectivity index (χ1n) is 8.12. The van der Waals surface area contributed by atoms with E-state index in [1.165, 1.54) is 32.1 Å². The molecule has 110 valence electrons. The van der Waals surface area contributed by atoms with E-state index in [2.05, 4.69) is 31.0 Å². The summed E-state index contributed by atoms with van der Waals surface area (Å²) in [5.41, 5.74) is 0. The molecule has 19 heavy (non-hydrogen) atoms. The maximum atomic E-state index is 12.4. The molecule has 1 heterocycles. The van der Waals surface area contributed by atoms with Crippen LogP contribution in [-0.4, -0.2) is 36.0 Å². The normalized spacial score (nSPS) is 31.4. The molecule has 0 radical (unpaired) electrons. The maximum Gasteiger partial charge on any atom is 0.224 e. The van der Waals surface area contributed by atoms with Crippen molar-refractivity contribution in [2.45, 2.75) is 71.4 Å². The van der Waals surface area contributed by atoms with E-state index in [1.807, 2.05) is 0 Å². The number of piperidine rings is 1. The van der Waals surface area contributed by atoms with Gasteiger partial charge in [0, 0.05) is 31.6 Å². The smallest absolute Gasteiger partial charge is 0.224 e. The van der Waals surface area contributed by atoms with Crippen LogP contribution >= 0.6 is 0 Å². The van der Waals surface area contributed by atoms with Crippen LogP contribution in [0.1, 0.15) is 59.3 Å². The number of carbonyl (C=O) groups is 1. The minimum atomic E-state index is 0.372. The third-order valence-electron chi connectivity index (χ3n) is 4.95. The average molecular weight is 266 g/mol. The molecule has 3 nitrogen and oxygen atoms in total. The SMILES string of the molecule is CC(C)NCCC(=O)N1CCC(C)C2CCCCC21. The number of nitrogens with zero attached hydrogens (tertiary/aromatic N) is 1. The van der Waals surface area contributed by atoms with Crippen LogP contribution in [0.15, 0.2) is 0 Å². The van der Waals surface area contributed by atoms with Crippen molar-refractivity contribution in [2.24, 2.45) is 11.8 Å². The van der Waals surface area contributed by atoms with E-state index in [0.29, 0.717) is 24.4 Å². The largest absolute Gasteiger partial charge is 0.339 e. The third-order valence-corrected chi connectivity index (χ3v) is 4.95. The van der Waals surface area contributed by atoms with E-state index < -0.39 is 0 Å². The van der Waals surface area contributed by atoms with Crippen molar-refractivity contribution in [1.29, 1.82) is 0 Å². The second kappa shape index (κ2) is 6.74. The molecule has 0 aromatic heterocycles. The number of nitrogens with one attached hydrogen (secondary N) is 1. The highest BCUT2D eigenvalue weighted by molar-refractivity contribution is 5.77. The molecule has 2 rings (SSSR count). The lowest BCUT2D eigenvalue weighted by molar-refractivity contribution is -0.138. The molecule has 1 amide bonds. The van der Waals surface area contributed by atoms with Gasteiger partial charge in [-0.1, -0.05) is 33.6 Å². The Morgan fingerprint density at radius 1 is 1.26 bits per heavy atom. The Hall–Kier alpha value is -0.570. The quantitative estimate of drug-likeness (QED) is 0.848. The summed E-state index contributed by atoms with van der Waals surface area (Å²) in [6, 6.07) is 1.01. The van der Waals surface area contributed by atoms with Crippen LogP contribution < -0.4 is 5.32 Å². The second-order valence-corrected chi connectivity index (χ2v) is 6.73. The molecule has 1 N–H and O–H groups in total. The molecule has 2 fully saturated rings. The van der Waals surface area contributed by atoms with E-state index in [0.717, 1.165) is 24.9 Å². The molecular formula is C16H30N2O. The Labute approximate surface area is 118 Å². The minimum Gasteiger partial charge on any atom is -0.339 e. The summed E-state index contributed by atoms with van der Waals surface area (Å²) in [6.07, 6.45) is 7.10. The standard InChI is InChI=1S/C16H30N2O/c1-12(2)17-10-8-16(19)18-11-9-13(3)14-6-4-5-7-15(14)18/h12-15,17H,4-11H2,1-3H3. The second-order valence-electron chi connectivity index (χ2n) is 6.73. The van der Waals surface area contributed by atoms with Crippen molar-refractivity contribution in [2.75, 3.05) is 13.1 Å². The predicted octanol–water partition coefficient (Wildman–Crippen LogP) is 2.80. The maximum absolute atomic E-state index is 12.4. The number of hydrogen-bond donors (Lipinski definition) is 1. The highest BCUT2D eigenvalue weighted by Gasteiger charge is 2.38. The summed E-state index contributed by atoms with van der Waals surface area (Å²) in [4.78, 5) is 14.6. The monoisotopic (exact) mass is 266 g/mol. The molecule has 0 aromatic rings. The zero-order chi connectivity index (χ0) is 13.8. The van der Waals surface area contributed by atoms with Crippen molar-refractivity contribution >= 4 is 5.91 Å². The molecule has 2 aliphatic rings. The van der Waals surface area contributed by atoms with Crippen molar-refractivity contribution in [3.63, 3.8) is 0 Å². The van der Waals surface area contributed by atoms with Crippen molar-refractivity contribution in [3.8, 4) is 0 Å². The van der Waals surface area contributed by atoms with Crippen LogP contribution in [0.3, 0.4) is 0 Å². The Morgan fingerprint density at radius 2 is 2.00 bits per heavy atom. The lowest BCUT2D eigenvalue weighted by atomic mass is 9.72. The summed E-state index contributed by atoms with van der Waals surface area (Å²) < 4.78 is 0. The van der Waals surface area contributed by atoms with Crippen LogP contribution in [0, 0.1) is 11.8 Å². The van der Waals surface area contributed by atoms with E-state index >= 15 is 0 Å². The Morgan fingerprint density at radius 3 is 2.74 bits per heavy atom. The molecule has 0 aromatic carbocycles. The average Bonchev–Trinajstić information content (AvgIpc) is 2.39. The number of hydrogen-bond acceptors (Lipinski definition) is 2. The zero-order valence-electron chi connectivity index (χ0n) is 12.8. The van der Waals surface area contributed by atoms with E-state index in [-0.39, 0.29) is 0 Å². The number of carbonyl (C=O) groups excluding carboxylic acids is 1. The highest BCUT2D eigenvalue weighted by Crippen LogP contribution is 2.38. The summed E-state index contributed by atoms with van der Waals surface area (Å²) in [5.74, 6) is 1.95. The molecular weight excluding hydrogens is 236 g/mol. The van der Waals surface area contributed by atoms with Crippen LogP contribution in [0.4, 0.5) is 0 Å². The lowest BCUT2D eigenvalue weighted by Crippen LogP contribution is -2.52.